The van der Waals surface area contributed by atoms with Crippen molar-refractivity contribution in [1.29, 1.82) is 0 Å². The van der Waals surface area contributed by atoms with Gasteiger partial charge in [-0.3, -0.25) is 15.0 Å². The fourth-order valence-corrected chi connectivity index (χ4v) is 2.83. The maximum absolute atomic E-state index is 11.5. The van der Waals surface area contributed by atoms with E-state index in [1.54, 1.807) is 6.07 Å². The Balaban J connectivity index is 0.00000364. The molecule has 2 N–H and O–H groups in total. The number of rotatable bonds is 10. The van der Waals surface area contributed by atoms with Crippen molar-refractivity contribution in [2.24, 2.45) is 5.73 Å². The largest absolute Gasteiger partial charge is 0.493 e. The van der Waals surface area contributed by atoms with Gasteiger partial charge in [-0.2, -0.15) is 0 Å². The molecule has 0 aromatic heterocycles. The maximum atomic E-state index is 11.5. The van der Waals surface area contributed by atoms with E-state index in [1.807, 2.05) is 18.2 Å². The normalized spacial score (nSPS) is 10.4. The smallest absolute Gasteiger partial charge is 0.277 e. The lowest BCUT2D eigenvalue weighted by molar-refractivity contribution is -0.385. The summed E-state index contributed by atoms with van der Waals surface area (Å²) < 4.78 is 10.5. The van der Waals surface area contributed by atoms with E-state index in [2.05, 4.69) is 17.0 Å². The van der Waals surface area contributed by atoms with Crippen molar-refractivity contribution in [3.63, 3.8) is 0 Å². The van der Waals surface area contributed by atoms with E-state index in [1.165, 1.54) is 25.8 Å². The quantitative estimate of drug-likeness (QED) is 0.491. The van der Waals surface area contributed by atoms with Gasteiger partial charge in [-0.15, -0.1) is 12.4 Å². The van der Waals surface area contributed by atoms with Gasteiger partial charge in [0.15, 0.2) is 11.5 Å². The van der Waals surface area contributed by atoms with Crippen molar-refractivity contribution in [2.45, 2.75) is 13.0 Å². The summed E-state index contributed by atoms with van der Waals surface area (Å²) in [6.45, 7) is 2.31. The molecule has 27 heavy (non-hydrogen) atoms. The zero-order valence-electron chi connectivity index (χ0n) is 15.6. The van der Waals surface area contributed by atoms with Gasteiger partial charge in [-0.25, -0.2) is 0 Å². The number of halogens is 1. The summed E-state index contributed by atoms with van der Waals surface area (Å²) >= 11 is 0. The number of hydrogen-bond acceptors (Lipinski definition) is 6. The topological polar surface area (TPSA) is 90.9 Å². The molecular formula is C19H26ClN3O4. The van der Waals surface area contributed by atoms with Gasteiger partial charge in [0.1, 0.15) is 0 Å². The lowest BCUT2D eigenvalue weighted by Gasteiger charge is -2.22. The molecule has 2 aromatic rings. The number of nitrogens with two attached hydrogens (primary N) is 1. The molecule has 7 nitrogen and oxygen atoms in total. The Morgan fingerprint density at radius 1 is 1.07 bits per heavy atom. The number of nitro groups is 1. The zero-order valence-corrected chi connectivity index (χ0v) is 16.4. The Morgan fingerprint density at radius 3 is 2.26 bits per heavy atom. The van der Waals surface area contributed by atoms with Gasteiger partial charge in [0, 0.05) is 31.7 Å². The highest BCUT2D eigenvalue weighted by molar-refractivity contribution is 5.85. The Hall–Kier alpha value is -2.35. The number of methoxy groups -OCH3 is 2. The third kappa shape index (κ3) is 6.39. The van der Waals surface area contributed by atoms with E-state index in [9.17, 15) is 10.1 Å². The minimum Gasteiger partial charge on any atom is -0.493 e. The molecule has 0 atom stereocenters. The molecule has 0 fully saturated rings. The van der Waals surface area contributed by atoms with Crippen LogP contribution in [0.15, 0.2) is 42.5 Å². The summed E-state index contributed by atoms with van der Waals surface area (Å²) in [6.07, 6.45) is 0.849. The molecule has 0 aliphatic carbocycles. The summed E-state index contributed by atoms with van der Waals surface area (Å²) in [7, 11) is 2.97. The van der Waals surface area contributed by atoms with Crippen LogP contribution in [-0.4, -0.2) is 43.7 Å². The minimum atomic E-state index is -0.394. The van der Waals surface area contributed by atoms with Crippen LogP contribution < -0.4 is 15.2 Å². The van der Waals surface area contributed by atoms with Gasteiger partial charge in [0.2, 0.25) is 0 Å². The molecule has 0 amide bonds. The van der Waals surface area contributed by atoms with Crippen molar-refractivity contribution >= 4 is 18.1 Å². The fourth-order valence-electron chi connectivity index (χ4n) is 2.83. The van der Waals surface area contributed by atoms with E-state index < -0.39 is 4.92 Å². The summed E-state index contributed by atoms with van der Waals surface area (Å²) in [5.74, 6) is 0.821. The average molecular weight is 396 g/mol. The predicted octanol–water partition coefficient (Wildman–Crippen LogP) is 3.04. The Kier molecular flexibility index (Phi) is 9.56. The first kappa shape index (κ1) is 22.7. The van der Waals surface area contributed by atoms with Crippen LogP contribution in [0.5, 0.6) is 11.5 Å². The minimum absolute atomic E-state index is 0. The van der Waals surface area contributed by atoms with Crippen LogP contribution in [0.1, 0.15) is 11.1 Å². The zero-order chi connectivity index (χ0) is 18.9. The lowest BCUT2D eigenvalue weighted by atomic mass is 10.1. The third-order valence-electron chi connectivity index (χ3n) is 4.18. The van der Waals surface area contributed by atoms with Crippen molar-refractivity contribution in [3.05, 3.63) is 63.7 Å². The van der Waals surface area contributed by atoms with E-state index in [0.29, 0.717) is 36.7 Å². The van der Waals surface area contributed by atoms with E-state index in [-0.39, 0.29) is 18.1 Å². The molecule has 0 unspecified atom stereocenters. The molecule has 0 aliphatic heterocycles. The molecule has 0 bridgehead atoms. The predicted molar refractivity (Wildman–Crippen MR) is 108 cm³/mol. The molecule has 0 heterocycles. The average Bonchev–Trinajstić information content (AvgIpc) is 2.66. The van der Waals surface area contributed by atoms with E-state index in [4.69, 9.17) is 15.2 Å². The summed E-state index contributed by atoms with van der Waals surface area (Å²) in [6, 6.07) is 13.2. The summed E-state index contributed by atoms with van der Waals surface area (Å²) in [4.78, 5) is 13.2. The van der Waals surface area contributed by atoms with Gasteiger partial charge in [-0.05, 0) is 18.1 Å². The van der Waals surface area contributed by atoms with Crippen molar-refractivity contribution in [3.8, 4) is 11.5 Å². The van der Waals surface area contributed by atoms with Gasteiger partial charge in [0.05, 0.1) is 25.2 Å². The van der Waals surface area contributed by atoms with Gasteiger partial charge >= 0.3 is 0 Å². The summed E-state index contributed by atoms with van der Waals surface area (Å²) in [5.41, 5.74) is 7.55. The molecule has 2 aromatic carbocycles. The molecular weight excluding hydrogens is 370 g/mol. The Labute approximate surface area is 165 Å². The molecule has 0 saturated heterocycles. The first-order valence-corrected chi connectivity index (χ1v) is 8.44. The molecule has 148 valence electrons. The van der Waals surface area contributed by atoms with E-state index >= 15 is 0 Å². The highest BCUT2D eigenvalue weighted by atomic mass is 35.5. The molecule has 0 spiro atoms. The van der Waals surface area contributed by atoms with Crippen molar-refractivity contribution in [1.82, 2.24) is 4.90 Å². The second-order valence-corrected chi connectivity index (χ2v) is 5.89. The highest BCUT2D eigenvalue weighted by Crippen LogP contribution is 2.35. The molecule has 8 heteroatoms. The Bertz CT molecular complexity index is 728. The molecule has 2 rings (SSSR count). The lowest BCUT2D eigenvalue weighted by Crippen LogP contribution is -2.31. The van der Waals surface area contributed by atoms with Gasteiger partial charge in [-0.1, -0.05) is 30.3 Å². The highest BCUT2D eigenvalue weighted by Gasteiger charge is 2.21. The first-order chi connectivity index (χ1) is 12.6. The number of hydrogen-bond donors (Lipinski definition) is 1. The van der Waals surface area contributed by atoms with Gasteiger partial charge < -0.3 is 15.2 Å². The van der Waals surface area contributed by atoms with E-state index in [0.717, 1.165) is 13.0 Å². The SMILES string of the molecule is COc1cc(CN(CCN)CCc2ccccc2)c([N+](=O)[O-])cc1OC.Cl. The number of nitrogens with zero attached hydrogens (tertiary/aromatic N) is 2. The third-order valence-corrected chi connectivity index (χ3v) is 4.18. The molecule has 0 saturated carbocycles. The van der Waals surface area contributed by atoms with Crippen LogP contribution in [0.25, 0.3) is 0 Å². The number of nitro benzene ring substituents is 1. The van der Waals surface area contributed by atoms with Crippen LogP contribution in [-0.2, 0) is 13.0 Å². The van der Waals surface area contributed by atoms with Crippen molar-refractivity contribution in [2.75, 3.05) is 33.9 Å². The van der Waals surface area contributed by atoms with Crippen LogP contribution >= 0.6 is 12.4 Å². The first-order valence-electron chi connectivity index (χ1n) is 8.44. The molecule has 0 radical (unpaired) electrons. The number of ether oxygens (including phenoxy) is 2. The van der Waals surface area contributed by atoms with Crippen LogP contribution in [0.4, 0.5) is 5.69 Å². The van der Waals surface area contributed by atoms with Gasteiger partial charge in [0.25, 0.3) is 5.69 Å². The monoisotopic (exact) mass is 395 g/mol. The Morgan fingerprint density at radius 2 is 1.70 bits per heavy atom. The number of benzene rings is 2. The van der Waals surface area contributed by atoms with Crippen molar-refractivity contribution < 1.29 is 14.4 Å². The second kappa shape index (κ2) is 11.4. The molecule has 0 aliphatic rings. The summed E-state index contributed by atoms with van der Waals surface area (Å²) in [5, 5.41) is 11.5. The van der Waals surface area contributed by atoms with Crippen LogP contribution in [0.3, 0.4) is 0 Å². The fraction of sp³-hybridized carbons (Fsp3) is 0.368. The van der Waals surface area contributed by atoms with Crippen LogP contribution in [0.2, 0.25) is 0 Å². The maximum Gasteiger partial charge on any atom is 0.277 e. The second-order valence-electron chi connectivity index (χ2n) is 5.89. The standard InChI is InChI=1S/C19H25N3O4.ClH/c1-25-18-12-16(17(22(23)24)13-19(18)26-2)14-21(11-9-20)10-8-15-6-4-3-5-7-15;/h3-7,12-13H,8-11,14,20H2,1-2H3;1H. The van der Waals surface area contributed by atoms with Crippen LogP contribution in [0, 0.1) is 10.1 Å².